The summed E-state index contributed by atoms with van der Waals surface area (Å²) >= 11 is 0. The van der Waals surface area contributed by atoms with Crippen LogP contribution in [0.1, 0.15) is 51.1 Å². The van der Waals surface area contributed by atoms with Crippen LogP contribution < -0.4 is 0 Å². The minimum Gasteiger partial charge on any atom is -0.251 e. The number of rotatable bonds is 9. The van der Waals surface area contributed by atoms with Gasteiger partial charge in [0.05, 0.1) is 12.2 Å². The van der Waals surface area contributed by atoms with Gasteiger partial charge in [0.2, 0.25) is 0 Å². The Morgan fingerprint density at radius 1 is 1.05 bits per heavy atom. The molecule has 0 bridgehead atoms. The molecular weight excluding hydrogens is 234 g/mol. The third-order valence-corrected chi connectivity index (χ3v) is 3.60. The molecule has 0 N–H and O–H groups in total. The first kappa shape index (κ1) is 14.0. The molecule has 0 amide bonds. The summed E-state index contributed by atoms with van der Waals surface area (Å²) in [5.74, 6) is 0.489. The van der Waals surface area contributed by atoms with Crippen LogP contribution in [0.15, 0.2) is 30.5 Å². The minimum atomic E-state index is 0.489. The van der Waals surface area contributed by atoms with Gasteiger partial charge < -0.3 is 0 Å². The van der Waals surface area contributed by atoms with Crippen molar-refractivity contribution >= 4 is 0 Å². The summed E-state index contributed by atoms with van der Waals surface area (Å²) in [7, 11) is 0. The highest BCUT2D eigenvalue weighted by atomic mass is 15.4. The molecule has 1 aromatic rings. The van der Waals surface area contributed by atoms with Crippen LogP contribution in [-0.4, -0.2) is 15.0 Å². The second-order valence-corrected chi connectivity index (χ2v) is 5.38. The highest BCUT2D eigenvalue weighted by Gasteiger charge is 2.07. The highest BCUT2D eigenvalue weighted by molar-refractivity contribution is 5.17. The smallest absolute Gasteiger partial charge is 0.0827 e. The molecule has 0 fully saturated rings. The van der Waals surface area contributed by atoms with Crippen molar-refractivity contribution in [3.63, 3.8) is 0 Å². The van der Waals surface area contributed by atoms with Gasteiger partial charge in [-0.15, -0.1) is 5.10 Å². The first-order valence-corrected chi connectivity index (χ1v) is 7.62. The maximum atomic E-state index is 4.26. The van der Waals surface area contributed by atoms with Gasteiger partial charge in [-0.3, -0.25) is 4.68 Å². The Kier molecular flexibility index (Phi) is 5.86. The van der Waals surface area contributed by atoms with E-state index in [1.165, 1.54) is 38.5 Å². The average molecular weight is 259 g/mol. The van der Waals surface area contributed by atoms with E-state index in [4.69, 9.17) is 0 Å². The van der Waals surface area contributed by atoms with Gasteiger partial charge in [-0.05, 0) is 12.8 Å². The van der Waals surface area contributed by atoms with Gasteiger partial charge in [0.15, 0.2) is 0 Å². The predicted octanol–water partition coefficient (Wildman–Crippen LogP) is 3.92. The van der Waals surface area contributed by atoms with Crippen molar-refractivity contribution in [1.82, 2.24) is 15.0 Å². The Hall–Kier alpha value is -1.38. The van der Waals surface area contributed by atoms with Gasteiger partial charge in [-0.1, -0.05) is 68.5 Å². The number of allylic oxidation sites excluding steroid dienone is 4. The van der Waals surface area contributed by atoms with E-state index in [1.807, 2.05) is 4.68 Å². The molecule has 0 radical (unpaired) electrons. The monoisotopic (exact) mass is 259 g/mol. The molecule has 0 atom stereocenters. The van der Waals surface area contributed by atoms with Crippen molar-refractivity contribution in [3.05, 3.63) is 36.2 Å². The second kappa shape index (κ2) is 7.93. The Bertz CT molecular complexity index is 405. The molecule has 0 saturated carbocycles. The number of unbranched alkanes of at least 4 members (excludes halogenated alkanes) is 5. The fourth-order valence-corrected chi connectivity index (χ4v) is 2.44. The van der Waals surface area contributed by atoms with Crippen LogP contribution >= 0.6 is 0 Å². The van der Waals surface area contributed by atoms with Crippen molar-refractivity contribution in [3.8, 4) is 0 Å². The normalized spacial score (nSPS) is 14.6. The van der Waals surface area contributed by atoms with Crippen molar-refractivity contribution in [2.75, 3.05) is 0 Å². The molecule has 19 heavy (non-hydrogen) atoms. The molecule has 1 aromatic heterocycles. The molecule has 0 aromatic carbocycles. The lowest BCUT2D eigenvalue weighted by Gasteiger charge is -2.03. The van der Waals surface area contributed by atoms with Crippen LogP contribution in [0, 0.1) is 5.92 Å². The molecule has 3 nitrogen and oxygen atoms in total. The third-order valence-electron chi connectivity index (χ3n) is 3.60. The van der Waals surface area contributed by atoms with E-state index in [2.05, 4.69) is 47.7 Å². The van der Waals surface area contributed by atoms with E-state index in [1.54, 1.807) is 0 Å². The second-order valence-electron chi connectivity index (χ2n) is 5.38. The molecule has 104 valence electrons. The summed E-state index contributed by atoms with van der Waals surface area (Å²) in [6.07, 6.45) is 19.8. The van der Waals surface area contributed by atoms with E-state index >= 15 is 0 Å². The lowest BCUT2D eigenvalue weighted by atomic mass is 10.1. The van der Waals surface area contributed by atoms with E-state index < -0.39 is 0 Å². The Balaban J connectivity index is 1.63. The maximum absolute atomic E-state index is 4.26. The Morgan fingerprint density at radius 2 is 1.79 bits per heavy atom. The van der Waals surface area contributed by atoms with Gasteiger partial charge in [-0.2, -0.15) is 0 Å². The number of hydrogen-bond donors (Lipinski definition) is 0. The maximum Gasteiger partial charge on any atom is 0.0827 e. The summed E-state index contributed by atoms with van der Waals surface area (Å²) < 4.78 is 1.97. The van der Waals surface area contributed by atoms with E-state index in [0.29, 0.717) is 5.92 Å². The third kappa shape index (κ3) is 5.01. The summed E-state index contributed by atoms with van der Waals surface area (Å²) in [4.78, 5) is 0. The minimum absolute atomic E-state index is 0.489. The van der Waals surface area contributed by atoms with Gasteiger partial charge in [-0.25, -0.2) is 0 Å². The summed E-state index contributed by atoms with van der Waals surface area (Å²) in [5.41, 5.74) is 1.14. The van der Waals surface area contributed by atoms with Crippen LogP contribution in [-0.2, 0) is 13.0 Å². The average Bonchev–Trinajstić information content (AvgIpc) is 3.06. The van der Waals surface area contributed by atoms with Crippen LogP contribution in [0.4, 0.5) is 0 Å². The van der Waals surface area contributed by atoms with Crippen LogP contribution in [0.5, 0.6) is 0 Å². The molecular formula is C16H25N3. The highest BCUT2D eigenvalue weighted by Crippen LogP contribution is 2.12. The van der Waals surface area contributed by atoms with Gasteiger partial charge in [0.25, 0.3) is 0 Å². The fourth-order valence-electron chi connectivity index (χ4n) is 2.44. The number of hydrogen-bond acceptors (Lipinski definition) is 2. The first-order valence-electron chi connectivity index (χ1n) is 7.62. The standard InChI is InChI=1S/C16H25N3/c1-2-3-4-5-6-7-12-16-14-19(18-17-16)13-15-10-8-9-11-15/h8-11,14-15H,2-7,12-13H2,1H3. The lowest BCUT2D eigenvalue weighted by Crippen LogP contribution is -2.05. The molecule has 3 heteroatoms. The zero-order chi connectivity index (χ0) is 13.3. The van der Waals surface area contributed by atoms with Crippen molar-refractivity contribution in [2.24, 2.45) is 5.92 Å². The van der Waals surface area contributed by atoms with Crippen molar-refractivity contribution < 1.29 is 0 Å². The van der Waals surface area contributed by atoms with E-state index in [0.717, 1.165) is 18.7 Å². The van der Waals surface area contributed by atoms with Crippen LogP contribution in [0.2, 0.25) is 0 Å². The fraction of sp³-hybridized carbons (Fsp3) is 0.625. The summed E-state index contributed by atoms with van der Waals surface area (Å²) in [5, 5.41) is 8.46. The summed E-state index contributed by atoms with van der Waals surface area (Å²) in [6.45, 7) is 3.17. The zero-order valence-corrected chi connectivity index (χ0v) is 12.0. The SMILES string of the molecule is CCCCCCCCc1cn(CC2C=CC=C2)nn1. The van der Waals surface area contributed by atoms with Crippen LogP contribution in [0.3, 0.4) is 0 Å². The van der Waals surface area contributed by atoms with E-state index in [-0.39, 0.29) is 0 Å². The Labute approximate surface area is 116 Å². The summed E-state index contributed by atoms with van der Waals surface area (Å²) in [6, 6.07) is 0. The molecule has 1 aliphatic rings. The van der Waals surface area contributed by atoms with Crippen molar-refractivity contribution in [2.45, 2.75) is 58.4 Å². The molecule has 0 aliphatic heterocycles. The quantitative estimate of drug-likeness (QED) is 0.629. The van der Waals surface area contributed by atoms with Crippen molar-refractivity contribution in [1.29, 1.82) is 0 Å². The van der Waals surface area contributed by atoms with Gasteiger partial charge >= 0.3 is 0 Å². The van der Waals surface area contributed by atoms with Gasteiger partial charge in [0, 0.05) is 12.1 Å². The molecule has 1 heterocycles. The molecule has 0 unspecified atom stereocenters. The molecule has 0 spiro atoms. The largest absolute Gasteiger partial charge is 0.251 e. The van der Waals surface area contributed by atoms with Crippen LogP contribution in [0.25, 0.3) is 0 Å². The molecule has 0 saturated heterocycles. The number of aromatic nitrogens is 3. The topological polar surface area (TPSA) is 30.7 Å². The zero-order valence-electron chi connectivity index (χ0n) is 12.0. The number of nitrogens with zero attached hydrogens (tertiary/aromatic N) is 3. The van der Waals surface area contributed by atoms with Gasteiger partial charge in [0.1, 0.15) is 0 Å². The predicted molar refractivity (Wildman–Crippen MR) is 78.9 cm³/mol. The first-order chi connectivity index (χ1) is 9.38. The number of aryl methyl sites for hydroxylation is 1. The molecule has 2 rings (SSSR count). The molecule has 1 aliphatic carbocycles. The Morgan fingerprint density at radius 3 is 2.58 bits per heavy atom. The lowest BCUT2D eigenvalue weighted by molar-refractivity contribution is 0.539. The van der Waals surface area contributed by atoms with E-state index in [9.17, 15) is 0 Å².